The van der Waals surface area contributed by atoms with E-state index in [0.717, 1.165) is 31.6 Å². The lowest BCUT2D eigenvalue weighted by molar-refractivity contribution is -0.124. The lowest BCUT2D eigenvalue weighted by Gasteiger charge is -2.32. The highest BCUT2D eigenvalue weighted by molar-refractivity contribution is 5.79. The summed E-state index contributed by atoms with van der Waals surface area (Å²) in [7, 11) is 1.61. The first kappa shape index (κ1) is 17.2. The number of ether oxygens (including phenoxy) is 2. The molecule has 8 nitrogen and oxygen atoms in total. The van der Waals surface area contributed by atoms with E-state index in [0.29, 0.717) is 24.0 Å². The zero-order valence-corrected chi connectivity index (χ0v) is 14.2. The predicted molar refractivity (Wildman–Crippen MR) is 88.9 cm³/mol. The van der Waals surface area contributed by atoms with Crippen molar-refractivity contribution in [2.24, 2.45) is 5.73 Å². The van der Waals surface area contributed by atoms with Crippen molar-refractivity contribution in [2.45, 2.75) is 38.5 Å². The van der Waals surface area contributed by atoms with Crippen molar-refractivity contribution in [3.05, 3.63) is 36.0 Å². The number of primary amides is 1. The molecule has 1 atom stereocenters. The second-order valence-corrected chi connectivity index (χ2v) is 5.95. The van der Waals surface area contributed by atoms with E-state index in [2.05, 4.69) is 10.1 Å². The largest absolute Gasteiger partial charge is 0.497 e. The maximum Gasteiger partial charge on any atom is 0.240 e. The molecular weight excluding hydrogens is 324 g/mol. The van der Waals surface area contributed by atoms with Crippen LogP contribution < -0.4 is 15.2 Å². The molecule has 0 aliphatic carbocycles. The number of carbonyl (C=O) groups is 1. The van der Waals surface area contributed by atoms with Crippen molar-refractivity contribution in [3.63, 3.8) is 0 Å². The van der Waals surface area contributed by atoms with Gasteiger partial charge in [-0.3, -0.25) is 9.69 Å². The summed E-state index contributed by atoms with van der Waals surface area (Å²) in [4.78, 5) is 17.9. The van der Waals surface area contributed by atoms with Gasteiger partial charge in [-0.15, -0.1) is 0 Å². The molecule has 2 N–H and O–H groups in total. The Morgan fingerprint density at radius 3 is 2.80 bits per heavy atom. The van der Waals surface area contributed by atoms with Gasteiger partial charge in [0.1, 0.15) is 11.5 Å². The van der Waals surface area contributed by atoms with Gasteiger partial charge in [0.25, 0.3) is 0 Å². The normalized spacial score (nSPS) is 18.0. The standard InChI is InChI=1S/C17H22N4O4/c1-23-12-5-7-13(8-6-12)24-11-15-19-16(25-20-15)10-21-9-3-2-4-14(21)17(18)22/h5-8,14H,2-4,9-11H2,1H3,(H2,18,22). The number of nitrogens with zero attached hydrogens (tertiary/aromatic N) is 3. The Kier molecular flexibility index (Phi) is 5.49. The molecule has 2 aromatic rings. The molecule has 2 heterocycles. The highest BCUT2D eigenvalue weighted by atomic mass is 16.5. The number of benzene rings is 1. The fraction of sp³-hybridized carbons (Fsp3) is 0.471. The summed E-state index contributed by atoms with van der Waals surface area (Å²) in [5, 5.41) is 3.92. The first-order valence-electron chi connectivity index (χ1n) is 8.27. The number of carbonyl (C=O) groups excluding carboxylic acids is 1. The molecule has 1 saturated heterocycles. The molecule has 1 aliphatic rings. The minimum absolute atomic E-state index is 0.203. The Bertz CT molecular complexity index is 701. The second kappa shape index (κ2) is 7.98. The fourth-order valence-electron chi connectivity index (χ4n) is 2.91. The molecule has 1 aliphatic heterocycles. The highest BCUT2D eigenvalue weighted by Crippen LogP contribution is 2.20. The summed E-state index contributed by atoms with van der Waals surface area (Å²) in [5.41, 5.74) is 5.47. The van der Waals surface area contributed by atoms with Gasteiger partial charge < -0.3 is 19.7 Å². The van der Waals surface area contributed by atoms with E-state index in [1.165, 1.54) is 0 Å². The van der Waals surface area contributed by atoms with Crippen molar-refractivity contribution in [1.29, 1.82) is 0 Å². The summed E-state index contributed by atoms with van der Waals surface area (Å²) < 4.78 is 16.0. The molecule has 1 amide bonds. The van der Waals surface area contributed by atoms with E-state index in [1.54, 1.807) is 7.11 Å². The van der Waals surface area contributed by atoms with Crippen LogP contribution in [0.25, 0.3) is 0 Å². The van der Waals surface area contributed by atoms with E-state index < -0.39 is 0 Å². The van der Waals surface area contributed by atoms with E-state index in [-0.39, 0.29) is 18.6 Å². The smallest absolute Gasteiger partial charge is 0.240 e. The summed E-state index contributed by atoms with van der Waals surface area (Å²) in [5.74, 6) is 2.07. The van der Waals surface area contributed by atoms with Crippen molar-refractivity contribution < 1.29 is 18.8 Å². The third-order valence-electron chi connectivity index (χ3n) is 4.22. The first-order chi connectivity index (χ1) is 12.2. The molecule has 1 fully saturated rings. The van der Waals surface area contributed by atoms with Gasteiger partial charge in [0, 0.05) is 0 Å². The molecule has 8 heteroatoms. The third kappa shape index (κ3) is 4.48. The molecule has 0 spiro atoms. The van der Waals surface area contributed by atoms with Gasteiger partial charge in [0.05, 0.1) is 19.7 Å². The number of nitrogens with two attached hydrogens (primary N) is 1. The van der Waals surface area contributed by atoms with Gasteiger partial charge in [0.2, 0.25) is 17.6 Å². The number of likely N-dealkylation sites (tertiary alicyclic amines) is 1. The Labute approximate surface area is 145 Å². The van der Waals surface area contributed by atoms with Crippen molar-refractivity contribution in [1.82, 2.24) is 15.0 Å². The van der Waals surface area contributed by atoms with Crippen LogP contribution in [0.3, 0.4) is 0 Å². The SMILES string of the molecule is COc1ccc(OCc2noc(CN3CCCCC3C(N)=O)n2)cc1. The average molecular weight is 346 g/mol. The number of piperidine rings is 1. The molecule has 3 rings (SSSR count). The maximum absolute atomic E-state index is 11.6. The van der Waals surface area contributed by atoms with Gasteiger partial charge in [-0.25, -0.2) is 0 Å². The second-order valence-electron chi connectivity index (χ2n) is 5.95. The zero-order valence-electron chi connectivity index (χ0n) is 14.2. The molecule has 0 radical (unpaired) electrons. The minimum atomic E-state index is -0.303. The number of methoxy groups -OCH3 is 1. The highest BCUT2D eigenvalue weighted by Gasteiger charge is 2.28. The minimum Gasteiger partial charge on any atom is -0.497 e. The monoisotopic (exact) mass is 346 g/mol. The quantitative estimate of drug-likeness (QED) is 0.810. The summed E-state index contributed by atoms with van der Waals surface area (Å²) >= 11 is 0. The van der Waals surface area contributed by atoms with Gasteiger partial charge in [-0.1, -0.05) is 11.6 Å². The zero-order chi connectivity index (χ0) is 17.6. The third-order valence-corrected chi connectivity index (χ3v) is 4.22. The summed E-state index contributed by atoms with van der Waals surface area (Å²) in [6, 6.07) is 6.99. The number of hydrogen-bond donors (Lipinski definition) is 1. The molecule has 0 saturated carbocycles. The van der Waals surface area contributed by atoms with Crippen LogP contribution in [0.2, 0.25) is 0 Å². The number of aromatic nitrogens is 2. The molecule has 1 aromatic heterocycles. The molecule has 25 heavy (non-hydrogen) atoms. The number of rotatable bonds is 7. The molecule has 134 valence electrons. The predicted octanol–water partition coefficient (Wildman–Crippen LogP) is 1.50. The first-order valence-corrected chi connectivity index (χ1v) is 8.27. The van der Waals surface area contributed by atoms with E-state index in [4.69, 9.17) is 19.7 Å². The lowest BCUT2D eigenvalue weighted by Crippen LogP contribution is -2.47. The number of amides is 1. The molecule has 1 aromatic carbocycles. The van der Waals surface area contributed by atoms with Crippen molar-refractivity contribution in [3.8, 4) is 11.5 Å². The average Bonchev–Trinajstić information content (AvgIpc) is 3.08. The maximum atomic E-state index is 11.6. The van der Waals surface area contributed by atoms with Crippen molar-refractivity contribution >= 4 is 5.91 Å². The Balaban J connectivity index is 1.55. The van der Waals surface area contributed by atoms with Crippen LogP contribution in [0, 0.1) is 0 Å². The van der Waals surface area contributed by atoms with Crippen LogP contribution in [0.1, 0.15) is 31.0 Å². The van der Waals surface area contributed by atoms with Crippen LogP contribution in [0.15, 0.2) is 28.8 Å². The topological polar surface area (TPSA) is 104 Å². The fourth-order valence-corrected chi connectivity index (χ4v) is 2.91. The Hall–Kier alpha value is -2.61. The van der Waals surface area contributed by atoms with Crippen LogP contribution in [0.4, 0.5) is 0 Å². The lowest BCUT2D eigenvalue weighted by atomic mass is 10.0. The molecule has 1 unspecified atom stereocenters. The Morgan fingerprint density at radius 1 is 1.32 bits per heavy atom. The van der Waals surface area contributed by atoms with Crippen LogP contribution in [-0.4, -0.2) is 40.6 Å². The van der Waals surface area contributed by atoms with Crippen molar-refractivity contribution in [2.75, 3.05) is 13.7 Å². The molecular formula is C17H22N4O4. The summed E-state index contributed by atoms with van der Waals surface area (Å²) in [6.45, 7) is 1.42. The van der Waals surface area contributed by atoms with Crippen LogP contribution in [0.5, 0.6) is 11.5 Å². The van der Waals surface area contributed by atoms with Gasteiger partial charge in [0.15, 0.2) is 6.61 Å². The van der Waals surface area contributed by atoms with E-state index >= 15 is 0 Å². The molecule has 0 bridgehead atoms. The van der Waals surface area contributed by atoms with Gasteiger partial charge in [-0.05, 0) is 43.7 Å². The van der Waals surface area contributed by atoms with Gasteiger partial charge in [-0.2, -0.15) is 4.98 Å². The van der Waals surface area contributed by atoms with E-state index in [9.17, 15) is 4.79 Å². The van der Waals surface area contributed by atoms with Gasteiger partial charge >= 0.3 is 0 Å². The van der Waals surface area contributed by atoms with Crippen LogP contribution in [-0.2, 0) is 17.9 Å². The Morgan fingerprint density at radius 2 is 2.08 bits per heavy atom. The van der Waals surface area contributed by atoms with Crippen LogP contribution >= 0.6 is 0 Å². The van der Waals surface area contributed by atoms with E-state index in [1.807, 2.05) is 29.2 Å². The summed E-state index contributed by atoms with van der Waals surface area (Å²) in [6.07, 6.45) is 2.82. The number of hydrogen-bond acceptors (Lipinski definition) is 7.